The zero-order valence-electron chi connectivity index (χ0n) is 40.2. The van der Waals surface area contributed by atoms with E-state index in [1.165, 1.54) is 11.3 Å². The summed E-state index contributed by atoms with van der Waals surface area (Å²) in [6, 6.07) is 17.6. The van der Waals surface area contributed by atoms with Crippen LogP contribution in [0.4, 0.5) is 10.9 Å². The van der Waals surface area contributed by atoms with E-state index in [-0.39, 0.29) is 39.9 Å². The van der Waals surface area contributed by atoms with E-state index < -0.39 is 36.5 Å². The number of rotatable bonds is 17. The Bertz CT molecular complexity index is 2630. The van der Waals surface area contributed by atoms with E-state index >= 15 is 0 Å². The number of para-hydroxylation sites is 1. The lowest BCUT2D eigenvalue weighted by molar-refractivity contribution is -0.247. The molecular formula is C52H67N7O8S. The number of anilines is 2. The largest absolute Gasteiger partial charge is 0.455 e. The first-order valence-corrected chi connectivity index (χ1v) is 24.9. The van der Waals surface area contributed by atoms with Gasteiger partial charge in [0.05, 0.1) is 41.3 Å². The van der Waals surface area contributed by atoms with Gasteiger partial charge in [-0.2, -0.15) is 5.10 Å². The number of aliphatic hydroxyl groups excluding tert-OH is 4. The van der Waals surface area contributed by atoms with Gasteiger partial charge in [-0.15, -0.1) is 0 Å². The molecule has 4 aliphatic carbocycles. The number of benzene rings is 2. The lowest BCUT2D eigenvalue weighted by atomic mass is 9.39. The molecule has 10 rings (SSSR count). The first kappa shape index (κ1) is 48.2. The Morgan fingerprint density at radius 3 is 2.40 bits per heavy atom. The highest BCUT2D eigenvalue weighted by Crippen LogP contribution is 2.72. The molecular weight excluding hydrogens is 883 g/mol. The molecule has 3 aromatic heterocycles. The van der Waals surface area contributed by atoms with E-state index in [4.69, 9.17) is 24.7 Å². The summed E-state index contributed by atoms with van der Waals surface area (Å²) in [5.74, 6) is -0.109. The molecule has 15 nitrogen and oxygen atoms in total. The van der Waals surface area contributed by atoms with Crippen molar-refractivity contribution in [3.8, 4) is 11.1 Å². The summed E-state index contributed by atoms with van der Waals surface area (Å²) < 4.78 is 16.0. The normalized spacial score (nSPS) is 25.6. The quantitative estimate of drug-likeness (QED) is 0.0419. The number of ether oxygens (including phenoxy) is 2. The molecule has 5 atom stereocenters. The lowest BCUT2D eigenvalue weighted by Crippen LogP contribution is -2.64. The van der Waals surface area contributed by atoms with Crippen molar-refractivity contribution in [1.29, 1.82) is 0 Å². The molecule has 16 heteroatoms. The van der Waals surface area contributed by atoms with Gasteiger partial charge in [0.1, 0.15) is 23.6 Å². The van der Waals surface area contributed by atoms with E-state index in [1.54, 1.807) is 0 Å². The zero-order chi connectivity index (χ0) is 48.2. The molecule has 2 aromatic carbocycles. The lowest BCUT2D eigenvalue weighted by Gasteiger charge is -2.69. The molecule has 4 heterocycles. The molecule has 4 bridgehead atoms. The van der Waals surface area contributed by atoms with Gasteiger partial charge in [0.15, 0.2) is 10.8 Å². The van der Waals surface area contributed by atoms with Crippen molar-refractivity contribution in [1.82, 2.24) is 25.1 Å². The Hall–Kier alpha value is -4.81. The van der Waals surface area contributed by atoms with Crippen LogP contribution < -0.4 is 15.5 Å². The third kappa shape index (κ3) is 9.96. The van der Waals surface area contributed by atoms with Gasteiger partial charge in [-0.25, -0.2) is 14.8 Å². The number of amides is 1. The number of thiazole rings is 1. The Labute approximate surface area is 402 Å². The highest BCUT2D eigenvalue weighted by molar-refractivity contribution is 7.22. The number of carbonyl (C=O) groups excluding carboxylic acids is 2. The van der Waals surface area contributed by atoms with Crippen LogP contribution in [0.1, 0.15) is 117 Å². The number of carbonyl (C=O) groups is 2. The number of nitrogens with one attached hydrogen (secondary N) is 2. The highest BCUT2D eigenvalue weighted by Gasteiger charge is 2.66. The molecule has 0 radical (unpaired) electrons. The summed E-state index contributed by atoms with van der Waals surface area (Å²) in [5, 5.41) is 50.9. The molecule has 1 amide bonds. The number of hydrogen-bond acceptors (Lipinski definition) is 14. The van der Waals surface area contributed by atoms with Gasteiger partial charge < -0.3 is 40.1 Å². The summed E-state index contributed by atoms with van der Waals surface area (Å²) in [7, 11) is 0. The highest BCUT2D eigenvalue weighted by atomic mass is 32.1. The van der Waals surface area contributed by atoms with Crippen molar-refractivity contribution in [2.75, 3.05) is 43.1 Å². The standard InChI is InChI=1S/C52H67N7O8S/c1-32-36(22-54-59(32)31-51-26-49(5)25-50(6,27-51)29-52(28-49,30-51)66-21-19-53-18-16-39(61)44(63)40(62)24-60)34-14-15-42(56-43(34)46(65)67-48(2,3)4)58-20-17-33-10-9-11-35(37(33)23-58)45(64)57-47-55-38-12-7-8-13-41(38)68-47/h7-15,22,39-40,44,53,60-63H,16-21,23-31H2,1-6H3,(H,55,57,64)/t39-,40?,44+,49?,50?,51?,52?/m1/s1. The van der Waals surface area contributed by atoms with Crippen molar-refractivity contribution in [2.45, 2.75) is 136 Å². The Morgan fingerprint density at radius 2 is 1.66 bits per heavy atom. The molecule has 0 spiro atoms. The van der Waals surface area contributed by atoms with Crippen molar-refractivity contribution >= 4 is 44.4 Å². The van der Waals surface area contributed by atoms with Crippen LogP contribution in [0.15, 0.2) is 60.8 Å². The zero-order valence-corrected chi connectivity index (χ0v) is 41.0. The van der Waals surface area contributed by atoms with Crippen molar-refractivity contribution in [3.05, 3.63) is 88.9 Å². The molecule has 4 saturated carbocycles. The van der Waals surface area contributed by atoms with Crippen LogP contribution in [0, 0.1) is 23.2 Å². The summed E-state index contributed by atoms with van der Waals surface area (Å²) in [5.41, 5.74) is 5.26. The maximum atomic E-state index is 14.2. The van der Waals surface area contributed by atoms with Gasteiger partial charge in [0.2, 0.25) is 0 Å². The monoisotopic (exact) mass is 949 g/mol. The number of aliphatic hydroxyl groups is 4. The smallest absolute Gasteiger partial charge is 0.358 e. The average molecular weight is 950 g/mol. The summed E-state index contributed by atoms with van der Waals surface area (Å²) in [4.78, 5) is 39.8. The number of esters is 1. The van der Waals surface area contributed by atoms with Crippen LogP contribution in [-0.4, -0.2) is 114 Å². The summed E-state index contributed by atoms with van der Waals surface area (Å²) >= 11 is 1.44. The molecule has 5 aliphatic rings. The van der Waals surface area contributed by atoms with E-state index in [0.717, 1.165) is 77.7 Å². The predicted octanol–water partition coefficient (Wildman–Crippen LogP) is 6.82. The SMILES string of the molecule is Cc1c(-c2ccc(N3CCc4cccc(C(=O)Nc5nc6ccccc6s5)c4C3)nc2C(=O)OC(C)(C)C)cnn1CC12CC3(C)CC(C)(C1)CC(OCCNCC[C@@H](O)[C@H](O)C(O)CO)(C3)C2. The fourth-order valence-corrected chi connectivity index (χ4v) is 13.9. The molecule has 364 valence electrons. The van der Waals surface area contributed by atoms with Gasteiger partial charge >= 0.3 is 5.97 Å². The Morgan fingerprint density at radius 1 is 0.897 bits per heavy atom. The van der Waals surface area contributed by atoms with Gasteiger partial charge in [0.25, 0.3) is 5.91 Å². The maximum absolute atomic E-state index is 14.2. The van der Waals surface area contributed by atoms with Crippen molar-refractivity contribution < 1.29 is 39.5 Å². The summed E-state index contributed by atoms with van der Waals surface area (Å²) in [6.07, 6.45) is 5.11. The topological polar surface area (TPSA) is 204 Å². The summed E-state index contributed by atoms with van der Waals surface area (Å²) in [6.45, 7) is 15.2. The molecule has 0 saturated heterocycles. The Balaban J connectivity index is 0.928. The second kappa shape index (κ2) is 18.5. The van der Waals surface area contributed by atoms with Gasteiger partial charge in [-0.3, -0.25) is 14.8 Å². The first-order chi connectivity index (χ1) is 32.3. The van der Waals surface area contributed by atoms with Crippen LogP contribution in [0.3, 0.4) is 0 Å². The average Bonchev–Trinajstić information content (AvgIpc) is 3.85. The minimum absolute atomic E-state index is 0.0433. The van der Waals surface area contributed by atoms with Crippen LogP contribution >= 0.6 is 11.3 Å². The minimum atomic E-state index is -1.40. The molecule has 3 unspecified atom stereocenters. The second-order valence-corrected chi connectivity index (χ2v) is 23.0. The van der Waals surface area contributed by atoms with E-state index in [0.29, 0.717) is 61.3 Å². The van der Waals surface area contributed by atoms with Crippen LogP contribution in [0.5, 0.6) is 0 Å². The van der Waals surface area contributed by atoms with E-state index in [9.17, 15) is 24.9 Å². The molecule has 4 fully saturated rings. The number of nitrogens with zero attached hydrogens (tertiary/aromatic N) is 5. The minimum Gasteiger partial charge on any atom is -0.455 e. The molecule has 5 aromatic rings. The number of hydrogen-bond donors (Lipinski definition) is 6. The van der Waals surface area contributed by atoms with Crippen molar-refractivity contribution in [2.24, 2.45) is 16.2 Å². The third-order valence-corrected chi connectivity index (χ3v) is 15.6. The third-order valence-electron chi connectivity index (χ3n) is 14.6. The van der Waals surface area contributed by atoms with Gasteiger partial charge in [-0.05, 0) is 143 Å². The molecule has 1 aliphatic heterocycles. The first-order valence-electron chi connectivity index (χ1n) is 24.1. The van der Waals surface area contributed by atoms with Gasteiger partial charge in [-0.1, -0.05) is 49.4 Å². The van der Waals surface area contributed by atoms with Crippen LogP contribution in [0.2, 0.25) is 0 Å². The van der Waals surface area contributed by atoms with Crippen LogP contribution in [-0.2, 0) is 29.0 Å². The predicted molar refractivity (Wildman–Crippen MR) is 262 cm³/mol. The molecule has 68 heavy (non-hydrogen) atoms. The van der Waals surface area contributed by atoms with Gasteiger partial charge in [0, 0.05) is 48.6 Å². The second-order valence-electron chi connectivity index (χ2n) is 22.0. The molecule has 6 N–H and O–H groups in total. The van der Waals surface area contributed by atoms with Crippen LogP contribution in [0.25, 0.3) is 21.3 Å². The fourth-order valence-electron chi connectivity index (χ4n) is 13.0. The number of pyridine rings is 1. The fraction of sp³-hybridized carbons (Fsp3) is 0.558. The number of fused-ring (bicyclic) bond motifs is 2. The van der Waals surface area contributed by atoms with Crippen molar-refractivity contribution in [3.63, 3.8) is 0 Å². The number of aromatic nitrogens is 4. The Kier molecular flexibility index (Phi) is 13.1. The van der Waals surface area contributed by atoms with E-state index in [1.807, 2.05) is 75.5 Å². The van der Waals surface area contributed by atoms with E-state index in [2.05, 4.69) is 52.0 Å². The maximum Gasteiger partial charge on any atom is 0.358 e.